The molecule has 0 radical (unpaired) electrons. The lowest BCUT2D eigenvalue weighted by Crippen LogP contribution is -2.43. The van der Waals surface area contributed by atoms with Gasteiger partial charge in [-0.3, -0.25) is 0 Å². The fraction of sp³-hybridized carbons (Fsp3) is 0.571. The Morgan fingerprint density at radius 2 is 1.95 bits per heavy atom. The van der Waals surface area contributed by atoms with Crippen molar-refractivity contribution in [2.24, 2.45) is 5.73 Å². The number of alkyl halides is 1. The Hall–Kier alpha value is -1.17. The molecule has 5 heteroatoms. The van der Waals surface area contributed by atoms with Crippen LogP contribution in [0.4, 0.5) is 10.1 Å². The summed E-state index contributed by atoms with van der Waals surface area (Å²) in [6.07, 6.45) is -0.387. The number of methoxy groups -OCH3 is 1. The molecule has 0 aliphatic carbocycles. The van der Waals surface area contributed by atoms with Gasteiger partial charge >= 0.3 is 0 Å². The monoisotopic (exact) mass is 267 g/mol. The fourth-order valence-corrected chi connectivity index (χ4v) is 2.44. The molecule has 106 valence electrons. The highest BCUT2D eigenvalue weighted by Gasteiger charge is 2.19. The number of anilines is 1. The molecule has 0 unspecified atom stereocenters. The number of benzene rings is 1. The van der Waals surface area contributed by atoms with Crippen molar-refractivity contribution in [3.63, 3.8) is 0 Å². The van der Waals surface area contributed by atoms with Gasteiger partial charge in [-0.1, -0.05) is 12.1 Å². The van der Waals surface area contributed by atoms with Crippen LogP contribution < -0.4 is 16.0 Å². The van der Waals surface area contributed by atoms with Crippen molar-refractivity contribution in [3.8, 4) is 0 Å². The van der Waals surface area contributed by atoms with Crippen LogP contribution >= 0.6 is 0 Å². The summed E-state index contributed by atoms with van der Waals surface area (Å²) in [6.45, 7) is 3.45. The summed E-state index contributed by atoms with van der Waals surface area (Å²) in [5, 5.41) is 3.33. The molecule has 0 saturated carbocycles. The molecular formula is C14H22FN3O. The first-order chi connectivity index (χ1) is 9.26. The van der Waals surface area contributed by atoms with Crippen LogP contribution in [0.15, 0.2) is 24.3 Å². The summed E-state index contributed by atoms with van der Waals surface area (Å²) in [6, 6.07) is 7.44. The highest BCUT2D eigenvalue weighted by molar-refractivity contribution is 5.48. The van der Waals surface area contributed by atoms with Crippen molar-refractivity contribution < 1.29 is 9.13 Å². The number of hydrogen-bond donors (Lipinski definition) is 2. The second-order valence-electron chi connectivity index (χ2n) is 4.80. The summed E-state index contributed by atoms with van der Waals surface area (Å²) in [7, 11) is 1.56. The number of nitrogens with two attached hydrogens (primary N) is 1. The van der Waals surface area contributed by atoms with Gasteiger partial charge in [0.25, 0.3) is 0 Å². The Labute approximate surface area is 113 Å². The number of piperazine rings is 1. The van der Waals surface area contributed by atoms with Crippen LogP contribution in [0, 0.1) is 0 Å². The van der Waals surface area contributed by atoms with Crippen LogP contribution in [0.1, 0.15) is 11.7 Å². The zero-order valence-corrected chi connectivity index (χ0v) is 11.3. The summed E-state index contributed by atoms with van der Waals surface area (Å²) in [4.78, 5) is 2.33. The summed E-state index contributed by atoms with van der Waals surface area (Å²) in [5.41, 5.74) is 7.83. The van der Waals surface area contributed by atoms with Gasteiger partial charge in [-0.25, -0.2) is 4.39 Å². The van der Waals surface area contributed by atoms with Crippen molar-refractivity contribution in [1.82, 2.24) is 5.32 Å². The van der Waals surface area contributed by atoms with Crippen molar-refractivity contribution in [1.29, 1.82) is 0 Å². The maximum absolute atomic E-state index is 12.7. The van der Waals surface area contributed by atoms with Crippen LogP contribution in [0.5, 0.6) is 0 Å². The van der Waals surface area contributed by atoms with E-state index < -0.39 is 12.7 Å². The first kappa shape index (κ1) is 14.2. The lowest BCUT2D eigenvalue weighted by Gasteiger charge is -2.30. The van der Waals surface area contributed by atoms with Crippen molar-refractivity contribution in [2.45, 2.75) is 12.1 Å². The molecule has 2 atom stereocenters. The van der Waals surface area contributed by atoms with Crippen LogP contribution in [-0.4, -0.2) is 46.0 Å². The number of nitrogens with one attached hydrogen (secondary N) is 1. The SMILES string of the molecule is CO[C@H](c1ccc(N2CCNCC2)cc1)[C@H](N)CF. The minimum atomic E-state index is -0.616. The third-order valence-corrected chi connectivity index (χ3v) is 3.52. The van der Waals surface area contributed by atoms with Gasteiger partial charge in [0, 0.05) is 39.0 Å². The first-order valence-electron chi connectivity index (χ1n) is 6.66. The van der Waals surface area contributed by atoms with Crippen molar-refractivity contribution in [3.05, 3.63) is 29.8 Å². The molecule has 0 aromatic heterocycles. The van der Waals surface area contributed by atoms with Crippen LogP contribution in [0.3, 0.4) is 0 Å². The summed E-state index contributed by atoms with van der Waals surface area (Å²) < 4.78 is 17.9. The van der Waals surface area contributed by atoms with E-state index in [1.165, 1.54) is 5.69 Å². The third-order valence-electron chi connectivity index (χ3n) is 3.52. The molecule has 1 aliphatic heterocycles. The number of ether oxygens (including phenoxy) is 1. The van der Waals surface area contributed by atoms with E-state index in [-0.39, 0.29) is 6.10 Å². The van der Waals surface area contributed by atoms with E-state index in [1.54, 1.807) is 7.11 Å². The van der Waals surface area contributed by atoms with Crippen molar-refractivity contribution >= 4 is 5.69 Å². The number of hydrogen-bond acceptors (Lipinski definition) is 4. The largest absolute Gasteiger partial charge is 0.375 e. The van der Waals surface area contributed by atoms with Gasteiger partial charge in [0.1, 0.15) is 6.67 Å². The molecule has 1 aromatic rings. The van der Waals surface area contributed by atoms with Crippen LogP contribution in [0.25, 0.3) is 0 Å². The Morgan fingerprint density at radius 3 is 2.47 bits per heavy atom. The molecule has 1 heterocycles. The zero-order valence-electron chi connectivity index (χ0n) is 11.3. The van der Waals surface area contributed by atoms with E-state index in [4.69, 9.17) is 10.5 Å². The summed E-state index contributed by atoms with van der Waals surface area (Å²) >= 11 is 0. The maximum atomic E-state index is 12.7. The average Bonchev–Trinajstić information content (AvgIpc) is 2.49. The molecule has 0 spiro atoms. The van der Waals surface area contributed by atoms with Gasteiger partial charge in [-0.15, -0.1) is 0 Å². The van der Waals surface area contributed by atoms with Gasteiger partial charge in [0.15, 0.2) is 0 Å². The standard InChI is InChI=1S/C14H22FN3O/c1-19-14(13(16)10-15)11-2-4-12(5-3-11)18-8-6-17-7-9-18/h2-5,13-14,17H,6-10,16H2,1H3/t13-,14-/m1/s1. The second kappa shape index (κ2) is 6.84. The zero-order chi connectivity index (χ0) is 13.7. The molecule has 1 saturated heterocycles. The third kappa shape index (κ3) is 3.43. The Bertz CT molecular complexity index is 379. The summed E-state index contributed by atoms with van der Waals surface area (Å²) in [5.74, 6) is 0. The lowest BCUT2D eigenvalue weighted by atomic mass is 10.0. The van der Waals surface area contributed by atoms with E-state index in [0.29, 0.717) is 0 Å². The molecule has 1 aromatic carbocycles. The highest BCUT2D eigenvalue weighted by atomic mass is 19.1. The van der Waals surface area contributed by atoms with Crippen LogP contribution in [-0.2, 0) is 4.74 Å². The van der Waals surface area contributed by atoms with E-state index in [1.807, 2.05) is 12.1 Å². The van der Waals surface area contributed by atoms with E-state index >= 15 is 0 Å². The molecule has 0 amide bonds. The molecular weight excluding hydrogens is 245 g/mol. The smallest absolute Gasteiger partial charge is 0.107 e. The minimum absolute atomic E-state index is 0.387. The van der Waals surface area contributed by atoms with Crippen molar-refractivity contribution in [2.75, 3.05) is 44.9 Å². The predicted octanol–water partition coefficient (Wildman–Crippen LogP) is 1.08. The molecule has 1 aliphatic rings. The van der Waals surface area contributed by atoms with Gasteiger partial charge < -0.3 is 20.7 Å². The van der Waals surface area contributed by atoms with E-state index in [2.05, 4.69) is 22.3 Å². The number of rotatable bonds is 5. The Morgan fingerprint density at radius 1 is 1.32 bits per heavy atom. The average molecular weight is 267 g/mol. The van der Waals surface area contributed by atoms with Gasteiger partial charge in [-0.2, -0.15) is 0 Å². The number of nitrogens with zero attached hydrogens (tertiary/aromatic N) is 1. The molecule has 19 heavy (non-hydrogen) atoms. The van der Waals surface area contributed by atoms with Gasteiger partial charge in [0.2, 0.25) is 0 Å². The number of halogens is 1. The van der Waals surface area contributed by atoms with Gasteiger partial charge in [-0.05, 0) is 17.7 Å². The first-order valence-corrected chi connectivity index (χ1v) is 6.66. The molecule has 0 bridgehead atoms. The normalized spacial score (nSPS) is 19.2. The Balaban J connectivity index is 2.08. The quantitative estimate of drug-likeness (QED) is 0.838. The Kier molecular flexibility index (Phi) is 5.13. The molecule has 2 rings (SSSR count). The van der Waals surface area contributed by atoms with E-state index in [9.17, 15) is 4.39 Å². The topological polar surface area (TPSA) is 50.5 Å². The van der Waals surface area contributed by atoms with Gasteiger partial charge in [0.05, 0.1) is 12.1 Å². The molecule has 1 fully saturated rings. The predicted molar refractivity (Wildman–Crippen MR) is 75.2 cm³/mol. The molecule has 4 nitrogen and oxygen atoms in total. The molecule has 3 N–H and O–H groups in total. The highest BCUT2D eigenvalue weighted by Crippen LogP contribution is 2.23. The second-order valence-corrected chi connectivity index (χ2v) is 4.80. The fourth-order valence-electron chi connectivity index (χ4n) is 2.44. The van der Waals surface area contributed by atoms with E-state index in [0.717, 1.165) is 31.7 Å². The lowest BCUT2D eigenvalue weighted by molar-refractivity contribution is 0.0721. The maximum Gasteiger partial charge on any atom is 0.107 e. The van der Waals surface area contributed by atoms with Crippen LogP contribution in [0.2, 0.25) is 0 Å². The minimum Gasteiger partial charge on any atom is -0.375 e.